The first-order valence-electron chi connectivity index (χ1n) is 9.82. The van der Waals surface area contributed by atoms with E-state index in [4.69, 9.17) is 0 Å². The molecule has 0 unspecified atom stereocenters. The van der Waals surface area contributed by atoms with Crippen LogP contribution in [0, 0.1) is 18.6 Å². The number of carbonyl (C=O) groups excluding carboxylic acids is 1. The third kappa shape index (κ3) is 3.74. The number of aliphatic hydroxyl groups excluding tert-OH is 1. The molecule has 1 fully saturated rings. The molecule has 0 radical (unpaired) electrons. The molecule has 29 heavy (non-hydrogen) atoms. The van der Waals surface area contributed by atoms with Crippen molar-refractivity contribution in [2.45, 2.75) is 51.3 Å². The van der Waals surface area contributed by atoms with Gasteiger partial charge in [-0.05, 0) is 37.5 Å². The topological polar surface area (TPSA) is 67.2 Å². The van der Waals surface area contributed by atoms with Gasteiger partial charge in [0.05, 0.1) is 29.8 Å². The van der Waals surface area contributed by atoms with Gasteiger partial charge in [-0.3, -0.25) is 9.78 Å². The Hall–Kier alpha value is -2.80. The van der Waals surface area contributed by atoms with E-state index < -0.39 is 17.7 Å². The second-order valence-electron chi connectivity index (χ2n) is 7.64. The fourth-order valence-corrected chi connectivity index (χ4v) is 4.06. The van der Waals surface area contributed by atoms with Crippen LogP contribution in [-0.2, 0) is 6.54 Å². The van der Waals surface area contributed by atoms with Crippen molar-refractivity contribution >= 4 is 16.9 Å². The number of aryl methyl sites for hydroxylation is 1. The molecule has 1 aliphatic rings. The lowest BCUT2D eigenvalue weighted by Gasteiger charge is -2.28. The molecule has 7 heteroatoms. The fourth-order valence-electron chi connectivity index (χ4n) is 4.06. The summed E-state index contributed by atoms with van der Waals surface area (Å²) >= 11 is 0. The molecule has 152 valence electrons. The number of rotatable bonds is 4. The van der Waals surface area contributed by atoms with Gasteiger partial charge in [-0.1, -0.05) is 25.0 Å². The Labute approximate surface area is 167 Å². The SMILES string of the molecule is Cc1ccnc2c(C(=O)N[C@H]3CCCC[C@@H]3O)cn(Cc3cccc(F)c3F)c12. The summed E-state index contributed by atoms with van der Waals surface area (Å²) in [6.07, 6.45) is 6.00. The van der Waals surface area contributed by atoms with Crippen molar-refractivity contribution in [3.8, 4) is 0 Å². The number of aromatic nitrogens is 2. The molecule has 2 N–H and O–H groups in total. The summed E-state index contributed by atoms with van der Waals surface area (Å²) in [7, 11) is 0. The number of hydrogen-bond acceptors (Lipinski definition) is 3. The largest absolute Gasteiger partial charge is 0.391 e. The predicted molar refractivity (Wildman–Crippen MR) is 106 cm³/mol. The molecule has 0 bridgehead atoms. The number of halogens is 2. The molecule has 0 aliphatic heterocycles. The van der Waals surface area contributed by atoms with Crippen molar-refractivity contribution < 1.29 is 18.7 Å². The van der Waals surface area contributed by atoms with Gasteiger partial charge < -0.3 is 15.0 Å². The van der Waals surface area contributed by atoms with Crippen LogP contribution >= 0.6 is 0 Å². The molecule has 2 heterocycles. The first-order valence-corrected chi connectivity index (χ1v) is 9.82. The number of pyridine rings is 1. The van der Waals surface area contributed by atoms with Gasteiger partial charge in [0.2, 0.25) is 0 Å². The molecule has 4 rings (SSSR count). The van der Waals surface area contributed by atoms with Gasteiger partial charge in [0.1, 0.15) is 5.52 Å². The van der Waals surface area contributed by atoms with E-state index in [9.17, 15) is 18.7 Å². The predicted octanol–water partition coefficient (Wildman–Crippen LogP) is 3.70. The second-order valence-corrected chi connectivity index (χ2v) is 7.64. The number of amides is 1. The number of aliphatic hydroxyl groups is 1. The van der Waals surface area contributed by atoms with Crippen LogP contribution in [0.5, 0.6) is 0 Å². The van der Waals surface area contributed by atoms with Crippen molar-refractivity contribution in [1.82, 2.24) is 14.9 Å². The molecule has 2 aromatic heterocycles. The maximum Gasteiger partial charge on any atom is 0.255 e. The Morgan fingerprint density at radius 3 is 2.86 bits per heavy atom. The maximum absolute atomic E-state index is 14.2. The van der Waals surface area contributed by atoms with Crippen LogP contribution in [0.25, 0.3) is 11.0 Å². The number of benzene rings is 1. The van der Waals surface area contributed by atoms with Crippen LogP contribution in [0.4, 0.5) is 8.78 Å². The smallest absolute Gasteiger partial charge is 0.255 e. The zero-order valence-electron chi connectivity index (χ0n) is 16.2. The number of nitrogens with zero attached hydrogens (tertiary/aromatic N) is 2. The van der Waals surface area contributed by atoms with Gasteiger partial charge in [-0.15, -0.1) is 0 Å². The summed E-state index contributed by atoms with van der Waals surface area (Å²) in [6.45, 7) is 1.96. The molecule has 2 atom stereocenters. The molecular formula is C22H23F2N3O2. The lowest BCUT2D eigenvalue weighted by Crippen LogP contribution is -2.45. The van der Waals surface area contributed by atoms with Crippen LogP contribution < -0.4 is 5.32 Å². The van der Waals surface area contributed by atoms with Crippen LogP contribution in [0.15, 0.2) is 36.7 Å². The van der Waals surface area contributed by atoms with Crippen LogP contribution in [-0.4, -0.2) is 32.7 Å². The molecule has 3 aromatic rings. The van der Waals surface area contributed by atoms with Crippen molar-refractivity contribution in [2.24, 2.45) is 0 Å². The summed E-state index contributed by atoms with van der Waals surface area (Å²) in [5.74, 6) is -2.12. The summed E-state index contributed by atoms with van der Waals surface area (Å²) in [5.41, 5.74) is 2.64. The zero-order chi connectivity index (χ0) is 20.5. The third-order valence-electron chi connectivity index (χ3n) is 5.62. The average molecular weight is 399 g/mol. The van der Waals surface area contributed by atoms with E-state index in [2.05, 4.69) is 10.3 Å². The average Bonchev–Trinajstić information content (AvgIpc) is 3.07. The molecule has 1 amide bonds. The molecule has 1 aliphatic carbocycles. The van der Waals surface area contributed by atoms with E-state index >= 15 is 0 Å². The molecule has 0 saturated heterocycles. The minimum absolute atomic E-state index is 0.0754. The first kappa shape index (κ1) is 19.5. The normalized spacial score (nSPS) is 19.4. The standard InChI is InChI=1S/C22H23F2N3O2/c1-13-9-10-25-20-15(22(29)26-17-7-2-3-8-18(17)28)12-27(21(13)20)11-14-5-4-6-16(23)19(14)24/h4-6,9-10,12,17-18,28H,2-3,7-8,11H2,1H3,(H,26,29)/t17-,18-/m0/s1. The van der Waals surface area contributed by atoms with Crippen molar-refractivity contribution in [3.63, 3.8) is 0 Å². The molecular weight excluding hydrogens is 376 g/mol. The number of nitrogens with one attached hydrogen (secondary N) is 1. The van der Waals surface area contributed by atoms with Crippen molar-refractivity contribution in [1.29, 1.82) is 0 Å². The van der Waals surface area contributed by atoms with Gasteiger partial charge in [0.25, 0.3) is 5.91 Å². The highest BCUT2D eigenvalue weighted by molar-refractivity contribution is 6.06. The minimum Gasteiger partial charge on any atom is -0.391 e. The Kier molecular flexibility index (Phi) is 5.32. The van der Waals surface area contributed by atoms with E-state index in [1.54, 1.807) is 17.0 Å². The summed E-state index contributed by atoms with van der Waals surface area (Å²) in [6, 6.07) is 5.58. The van der Waals surface area contributed by atoms with Gasteiger partial charge in [0, 0.05) is 18.0 Å². The van der Waals surface area contributed by atoms with E-state index in [0.717, 1.165) is 30.9 Å². The molecule has 0 spiro atoms. The monoisotopic (exact) mass is 399 g/mol. The molecule has 5 nitrogen and oxygen atoms in total. The van der Waals surface area contributed by atoms with Crippen molar-refractivity contribution in [2.75, 3.05) is 0 Å². The summed E-state index contributed by atoms with van der Waals surface area (Å²) < 4.78 is 29.5. The Balaban J connectivity index is 1.71. The summed E-state index contributed by atoms with van der Waals surface area (Å²) in [5, 5.41) is 13.1. The minimum atomic E-state index is -0.905. The van der Waals surface area contributed by atoms with E-state index in [1.165, 1.54) is 12.1 Å². The van der Waals surface area contributed by atoms with Gasteiger partial charge in [0.15, 0.2) is 11.6 Å². The highest BCUT2D eigenvalue weighted by atomic mass is 19.2. The van der Waals surface area contributed by atoms with E-state index in [-0.39, 0.29) is 24.1 Å². The molecule has 1 aromatic carbocycles. The van der Waals surface area contributed by atoms with Crippen LogP contribution in [0.1, 0.15) is 47.2 Å². The lowest BCUT2D eigenvalue weighted by atomic mass is 9.92. The van der Waals surface area contributed by atoms with E-state index in [1.807, 2.05) is 13.0 Å². The fraction of sp³-hybridized carbons (Fsp3) is 0.364. The first-order chi connectivity index (χ1) is 14.0. The van der Waals surface area contributed by atoms with Crippen LogP contribution in [0.3, 0.4) is 0 Å². The van der Waals surface area contributed by atoms with Gasteiger partial charge >= 0.3 is 0 Å². The maximum atomic E-state index is 14.2. The highest BCUT2D eigenvalue weighted by Gasteiger charge is 2.27. The second kappa shape index (κ2) is 7.91. The number of hydrogen-bond donors (Lipinski definition) is 2. The summed E-state index contributed by atoms with van der Waals surface area (Å²) in [4.78, 5) is 17.3. The van der Waals surface area contributed by atoms with E-state index in [0.29, 0.717) is 23.0 Å². The highest BCUT2D eigenvalue weighted by Crippen LogP contribution is 2.26. The lowest BCUT2D eigenvalue weighted by molar-refractivity contribution is 0.0718. The Morgan fingerprint density at radius 2 is 2.07 bits per heavy atom. The number of carbonyl (C=O) groups is 1. The number of fused-ring (bicyclic) bond motifs is 1. The van der Waals surface area contributed by atoms with Gasteiger partial charge in [-0.25, -0.2) is 8.78 Å². The molecule has 1 saturated carbocycles. The van der Waals surface area contributed by atoms with Crippen LogP contribution in [0.2, 0.25) is 0 Å². The Morgan fingerprint density at radius 1 is 1.28 bits per heavy atom. The quantitative estimate of drug-likeness (QED) is 0.703. The third-order valence-corrected chi connectivity index (χ3v) is 5.62. The van der Waals surface area contributed by atoms with Crippen molar-refractivity contribution in [3.05, 3.63) is 65.0 Å². The zero-order valence-corrected chi connectivity index (χ0v) is 16.2. The Bertz CT molecular complexity index is 1060. The van der Waals surface area contributed by atoms with Gasteiger partial charge in [-0.2, -0.15) is 0 Å².